The van der Waals surface area contributed by atoms with Crippen molar-refractivity contribution in [2.75, 3.05) is 26.2 Å². The van der Waals surface area contributed by atoms with Gasteiger partial charge >= 0.3 is 6.09 Å². The number of halogens is 1. The number of carbonyl (C=O) groups is 1. The number of cyclic esters (lactones) is 1. The first-order valence-electron chi connectivity index (χ1n) is 11.9. The third kappa shape index (κ3) is 5.42. The average molecular weight is 511 g/mol. The summed E-state index contributed by atoms with van der Waals surface area (Å²) in [5.41, 5.74) is 7.86. The molecule has 0 aliphatic carbocycles. The van der Waals surface area contributed by atoms with Gasteiger partial charge in [-0.15, -0.1) is 0 Å². The number of aliphatic imine (C=N–C) groups is 1. The van der Waals surface area contributed by atoms with Crippen LogP contribution in [0.25, 0.3) is 10.9 Å². The Balaban J connectivity index is 1.40. The topological polar surface area (TPSA) is 123 Å². The SMILES string of the molecule is C=CC1=C(N=C(C)N2CC(CNCCc3c(F)ccc4c(CN)cc(=O)n(C)c34)OC2=O)NC(=C)CO1. The van der Waals surface area contributed by atoms with Crippen molar-refractivity contribution >= 4 is 22.8 Å². The van der Waals surface area contributed by atoms with Gasteiger partial charge in [-0.05, 0) is 43.7 Å². The van der Waals surface area contributed by atoms with Crippen LogP contribution in [0, 0.1) is 5.82 Å². The molecule has 4 rings (SSSR count). The van der Waals surface area contributed by atoms with E-state index in [1.165, 1.54) is 27.7 Å². The number of hydrogen-bond donors (Lipinski definition) is 3. The van der Waals surface area contributed by atoms with Crippen molar-refractivity contribution in [2.24, 2.45) is 17.8 Å². The maximum absolute atomic E-state index is 14.8. The van der Waals surface area contributed by atoms with Gasteiger partial charge in [-0.25, -0.2) is 14.2 Å². The summed E-state index contributed by atoms with van der Waals surface area (Å²) in [6.07, 6.45) is 0.952. The molecule has 2 aromatic rings. The predicted molar refractivity (Wildman–Crippen MR) is 139 cm³/mol. The number of benzene rings is 1. The van der Waals surface area contributed by atoms with Gasteiger partial charge in [0.25, 0.3) is 5.56 Å². The van der Waals surface area contributed by atoms with Gasteiger partial charge < -0.3 is 30.4 Å². The molecule has 3 heterocycles. The molecule has 196 valence electrons. The standard InChI is InChI=1S/C26H31FN6O4/c1-5-22-25(30-15(2)14-36-22)31-16(3)33-13-18(37-26(33)35)12-29-9-8-20-21(27)7-6-19-17(11-28)10-23(34)32(4)24(19)20/h5-7,10,18,29-30H,1-2,8-9,11-14,28H2,3-4H3. The first-order valence-corrected chi connectivity index (χ1v) is 11.9. The third-order valence-electron chi connectivity index (χ3n) is 6.33. The fourth-order valence-corrected chi connectivity index (χ4v) is 4.42. The fourth-order valence-electron chi connectivity index (χ4n) is 4.42. The van der Waals surface area contributed by atoms with Crippen LogP contribution in [-0.4, -0.2) is 53.7 Å². The van der Waals surface area contributed by atoms with Crippen molar-refractivity contribution in [3.05, 3.63) is 82.0 Å². The number of amidine groups is 1. The van der Waals surface area contributed by atoms with E-state index >= 15 is 0 Å². The predicted octanol–water partition coefficient (Wildman–Crippen LogP) is 2.00. The van der Waals surface area contributed by atoms with E-state index in [4.69, 9.17) is 15.2 Å². The molecule has 0 spiro atoms. The van der Waals surface area contributed by atoms with Gasteiger partial charge in [0, 0.05) is 42.9 Å². The van der Waals surface area contributed by atoms with Crippen LogP contribution in [0.2, 0.25) is 0 Å². The Morgan fingerprint density at radius 1 is 1.41 bits per heavy atom. The number of carbonyl (C=O) groups excluding carboxylic acids is 1. The molecule has 2 aliphatic heterocycles. The monoisotopic (exact) mass is 510 g/mol. The highest BCUT2D eigenvalue weighted by Crippen LogP contribution is 2.24. The minimum Gasteiger partial charge on any atom is -0.484 e. The summed E-state index contributed by atoms with van der Waals surface area (Å²) in [5, 5.41) is 7.02. The van der Waals surface area contributed by atoms with Gasteiger partial charge in [-0.2, -0.15) is 0 Å². The third-order valence-corrected chi connectivity index (χ3v) is 6.33. The maximum Gasteiger partial charge on any atom is 0.415 e. The Labute approximate surface area is 213 Å². The normalized spacial score (nSPS) is 18.2. The number of amides is 1. The van der Waals surface area contributed by atoms with Crippen LogP contribution >= 0.6 is 0 Å². The molecule has 4 N–H and O–H groups in total. The van der Waals surface area contributed by atoms with E-state index in [1.807, 2.05) is 0 Å². The zero-order chi connectivity index (χ0) is 26.7. The number of rotatable bonds is 8. The first-order chi connectivity index (χ1) is 17.7. The van der Waals surface area contributed by atoms with E-state index in [-0.39, 0.29) is 17.9 Å². The maximum atomic E-state index is 14.8. The number of pyridine rings is 1. The summed E-state index contributed by atoms with van der Waals surface area (Å²) in [7, 11) is 1.62. The lowest BCUT2D eigenvalue weighted by atomic mass is 10.0. The minimum atomic E-state index is -0.506. The zero-order valence-electron chi connectivity index (χ0n) is 21.0. The van der Waals surface area contributed by atoms with Gasteiger partial charge in [0.1, 0.15) is 24.4 Å². The smallest absolute Gasteiger partial charge is 0.415 e. The molecule has 1 unspecified atom stereocenters. The average Bonchev–Trinajstić information content (AvgIpc) is 3.25. The van der Waals surface area contributed by atoms with Crippen molar-refractivity contribution in [1.82, 2.24) is 20.1 Å². The van der Waals surface area contributed by atoms with Crippen molar-refractivity contribution < 1.29 is 18.7 Å². The Bertz CT molecular complexity index is 1380. The van der Waals surface area contributed by atoms with E-state index in [2.05, 4.69) is 28.8 Å². The van der Waals surface area contributed by atoms with Crippen LogP contribution < -0.4 is 21.9 Å². The lowest BCUT2D eigenvalue weighted by Gasteiger charge is -2.21. The second-order valence-electron chi connectivity index (χ2n) is 8.86. The molecule has 1 amide bonds. The van der Waals surface area contributed by atoms with Crippen molar-refractivity contribution in [3.8, 4) is 0 Å². The molecular weight excluding hydrogens is 479 g/mol. The van der Waals surface area contributed by atoms with Gasteiger partial charge in [0.2, 0.25) is 0 Å². The van der Waals surface area contributed by atoms with Crippen LogP contribution in [0.4, 0.5) is 9.18 Å². The van der Waals surface area contributed by atoms with Crippen LogP contribution in [-0.2, 0) is 29.5 Å². The molecule has 1 atom stereocenters. The Hall–Kier alpha value is -3.96. The Morgan fingerprint density at radius 2 is 2.19 bits per heavy atom. The highest BCUT2D eigenvalue weighted by Gasteiger charge is 2.33. The number of aromatic nitrogens is 1. The number of hydrogen-bond acceptors (Lipinski definition) is 8. The van der Waals surface area contributed by atoms with Crippen molar-refractivity contribution in [3.63, 3.8) is 0 Å². The fraction of sp³-hybridized carbons (Fsp3) is 0.346. The number of nitrogens with one attached hydrogen (secondary N) is 2. The molecule has 1 saturated heterocycles. The van der Waals surface area contributed by atoms with E-state index in [0.29, 0.717) is 72.4 Å². The molecule has 0 saturated carbocycles. The number of aryl methyl sites for hydroxylation is 1. The minimum absolute atomic E-state index is 0.187. The summed E-state index contributed by atoms with van der Waals surface area (Å²) >= 11 is 0. The molecule has 11 heteroatoms. The van der Waals surface area contributed by atoms with Crippen LogP contribution in [0.5, 0.6) is 0 Å². The largest absolute Gasteiger partial charge is 0.484 e. The first kappa shape index (κ1) is 26.1. The van der Waals surface area contributed by atoms with Crippen LogP contribution in [0.3, 0.4) is 0 Å². The van der Waals surface area contributed by atoms with E-state index in [9.17, 15) is 14.0 Å². The van der Waals surface area contributed by atoms with Crippen LogP contribution in [0.1, 0.15) is 18.1 Å². The van der Waals surface area contributed by atoms with E-state index in [0.717, 1.165) is 5.39 Å². The molecular formula is C26H31FN6O4. The van der Waals surface area contributed by atoms with Gasteiger partial charge in [0.05, 0.1) is 12.1 Å². The lowest BCUT2D eigenvalue weighted by molar-refractivity contribution is 0.135. The summed E-state index contributed by atoms with van der Waals surface area (Å²) in [5.74, 6) is 0.929. The number of allylic oxidation sites excluding steroid dienone is 1. The molecule has 1 aromatic heterocycles. The summed E-state index contributed by atoms with van der Waals surface area (Å²) in [6, 6.07) is 4.53. The quantitative estimate of drug-likeness (QED) is 0.282. The Morgan fingerprint density at radius 3 is 2.92 bits per heavy atom. The Kier molecular flexibility index (Phi) is 7.74. The number of fused-ring (bicyclic) bond motifs is 1. The summed E-state index contributed by atoms with van der Waals surface area (Å²) in [6.45, 7) is 10.8. The number of nitrogens with zero attached hydrogens (tertiary/aromatic N) is 3. The van der Waals surface area contributed by atoms with Crippen LogP contribution in [0.15, 0.2) is 64.5 Å². The van der Waals surface area contributed by atoms with Crippen molar-refractivity contribution in [1.29, 1.82) is 0 Å². The molecule has 1 fully saturated rings. The molecule has 2 aliphatic rings. The van der Waals surface area contributed by atoms with E-state index < -0.39 is 12.2 Å². The zero-order valence-corrected chi connectivity index (χ0v) is 21.0. The molecule has 0 radical (unpaired) electrons. The number of ether oxygens (including phenoxy) is 2. The second-order valence-corrected chi connectivity index (χ2v) is 8.86. The lowest BCUT2D eigenvalue weighted by Crippen LogP contribution is -2.34. The summed E-state index contributed by atoms with van der Waals surface area (Å²) < 4.78 is 27.2. The highest BCUT2D eigenvalue weighted by molar-refractivity contribution is 5.95. The molecule has 1 aromatic carbocycles. The van der Waals surface area contributed by atoms with Gasteiger partial charge in [-0.1, -0.05) is 13.2 Å². The molecule has 37 heavy (non-hydrogen) atoms. The van der Waals surface area contributed by atoms with Crippen molar-refractivity contribution in [2.45, 2.75) is 26.0 Å². The molecule has 10 nitrogen and oxygen atoms in total. The molecule has 0 bridgehead atoms. The highest BCUT2D eigenvalue weighted by atomic mass is 19.1. The van der Waals surface area contributed by atoms with E-state index in [1.54, 1.807) is 20.0 Å². The van der Waals surface area contributed by atoms with Gasteiger partial charge in [0.15, 0.2) is 11.6 Å². The van der Waals surface area contributed by atoms with Gasteiger partial charge in [-0.3, -0.25) is 9.69 Å². The second kappa shape index (κ2) is 11.0. The number of nitrogens with two attached hydrogens (primary N) is 1. The summed E-state index contributed by atoms with van der Waals surface area (Å²) in [4.78, 5) is 30.7.